The molecule has 0 bridgehead atoms. The van der Waals surface area contributed by atoms with Crippen LogP contribution in [0.1, 0.15) is 154 Å². The molecule has 2 aromatic carbocycles. The van der Waals surface area contributed by atoms with Gasteiger partial charge in [0.05, 0.1) is 25.0 Å². The van der Waals surface area contributed by atoms with Gasteiger partial charge in [-0.1, -0.05) is 45.1 Å². The van der Waals surface area contributed by atoms with Crippen LogP contribution in [0, 0.1) is 12.8 Å². The molecule has 19 heteroatoms. The Morgan fingerprint density at radius 3 is 2.44 bits per heavy atom. The zero-order valence-electron chi connectivity index (χ0n) is 40.4. The van der Waals surface area contributed by atoms with Crippen molar-refractivity contribution in [3.8, 4) is 11.4 Å². The van der Waals surface area contributed by atoms with Gasteiger partial charge in [-0.2, -0.15) is 4.98 Å². The molecule has 0 spiro atoms. The number of unbranched alkanes of at least 4 members (excludes halogenated alkanes) is 3. The first-order valence-electron chi connectivity index (χ1n) is 25.2. The van der Waals surface area contributed by atoms with E-state index in [1.807, 2.05) is 24.1 Å². The van der Waals surface area contributed by atoms with Crippen LogP contribution in [-0.2, 0) is 25.7 Å². The van der Waals surface area contributed by atoms with Crippen molar-refractivity contribution in [3.63, 3.8) is 0 Å². The number of piperidine rings is 2. The Labute approximate surface area is 407 Å². The highest BCUT2D eigenvalue weighted by Crippen LogP contribution is 2.41. The normalized spacial score (nSPS) is 19.3. The van der Waals surface area contributed by atoms with E-state index in [0.717, 1.165) is 55.4 Å². The predicted octanol–water partition coefficient (Wildman–Crippen LogP) is 6.43. The summed E-state index contributed by atoms with van der Waals surface area (Å²) in [7, 11) is 1.57. The maximum atomic E-state index is 13.5. The molecule has 1 saturated carbocycles. The van der Waals surface area contributed by atoms with Gasteiger partial charge in [-0.25, -0.2) is 4.98 Å². The van der Waals surface area contributed by atoms with Crippen LogP contribution in [0.3, 0.4) is 0 Å². The number of rotatable bonds is 17. The number of carbonyl (C=O) groups is 6. The Hall–Kier alpha value is -6.92. The topological polar surface area (TPSA) is 226 Å². The van der Waals surface area contributed by atoms with Crippen LogP contribution < -0.4 is 30.9 Å². The minimum Gasteiger partial charge on any atom is -0.495 e. The second-order valence-corrected chi connectivity index (χ2v) is 19.3. The van der Waals surface area contributed by atoms with Crippen molar-refractivity contribution in [2.24, 2.45) is 5.92 Å². The summed E-state index contributed by atoms with van der Waals surface area (Å²) in [5.41, 5.74) is 3.61. The van der Waals surface area contributed by atoms with Crippen molar-refractivity contribution in [2.75, 3.05) is 42.3 Å². The van der Waals surface area contributed by atoms with Crippen LogP contribution in [0.15, 0.2) is 42.6 Å². The van der Waals surface area contributed by atoms with E-state index in [1.165, 1.54) is 37.0 Å². The second kappa shape index (κ2) is 21.4. The highest BCUT2D eigenvalue weighted by atomic mass is 16.5. The number of amides is 6. The molecule has 370 valence electrons. The Kier molecular flexibility index (Phi) is 14.7. The summed E-state index contributed by atoms with van der Waals surface area (Å²) in [4.78, 5) is 92.3. The second-order valence-electron chi connectivity index (χ2n) is 19.3. The molecule has 6 heterocycles. The molecule has 4 N–H and O–H groups in total. The molecule has 0 radical (unpaired) electrons. The third kappa shape index (κ3) is 10.3. The lowest BCUT2D eigenvalue weighted by Gasteiger charge is -2.39. The Morgan fingerprint density at radius 2 is 1.69 bits per heavy atom. The molecular weight excluding hydrogens is 893 g/mol. The van der Waals surface area contributed by atoms with Crippen LogP contribution in [0.2, 0.25) is 0 Å². The average Bonchev–Trinajstić information content (AvgIpc) is 3.92. The number of ether oxygens (including phenoxy) is 1. The number of nitrogens with one attached hydrogen (secondary N) is 4. The van der Waals surface area contributed by atoms with Crippen molar-refractivity contribution in [1.82, 2.24) is 45.2 Å². The van der Waals surface area contributed by atoms with Crippen molar-refractivity contribution in [3.05, 3.63) is 70.9 Å². The summed E-state index contributed by atoms with van der Waals surface area (Å²) in [5.74, 6) is 2.66. The van der Waals surface area contributed by atoms with Crippen LogP contribution in [0.5, 0.6) is 5.75 Å². The molecule has 9 rings (SSSR count). The van der Waals surface area contributed by atoms with Crippen molar-refractivity contribution >= 4 is 58.6 Å². The van der Waals surface area contributed by atoms with Gasteiger partial charge in [0.15, 0.2) is 11.6 Å². The molecule has 2 unspecified atom stereocenters. The fraction of sp³-hybridized carbons (Fsp3) is 0.529. The number of methoxy groups -OCH3 is 1. The standard InChI is InChI=1S/C51H64N12O7/c1-4-39-47-59-58-31(2)63(47)41-28-52-51(57-46(41)61(39)29-32-13-8-7-9-14-32)55-38-20-19-33(27-42(38)70-3)48(67)53-34-23-25-60(26-24-34)45(66)18-11-6-5-10-17-43(64)54-37-16-12-15-35-36(37)30-62(50(35)69)40-21-22-44(65)56-49(40)68/h12,15-16,19-20,27-28,32,34,39-40H,4-11,13-14,17-18,21-26,29-30H2,1-3H3,(H,53,67)(H,54,64)(H,52,55,57)(H,56,65,68). The summed E-state index contributed by atoms with van der Waals surface area (Å²) in [5, 5.41) is 20.8. The number of imide groups is 1. The summed E-state index contributed by atoms with van der Waals surface area (Å²) >= 11 is 0. The van der Waals surface area contributed by atoms with Crippen LogP contribution in [0.25, 0.3) is 5.69 Å². The van der Waals surface area contributed by atoms with E-state index in [1.54, 1.807) is 37.4 Å². The van der Waals surface area contributed by atoms with Gasteiger partial charge >= 0.3 is 0 Å². The highest BCUT2D eigenvalue weighted by Gasteiger charge is 2.40. The average molecular weight is 957 g/mol. The summed E-state index contributed by atoms with van der Waals surface area (Å²) < 4.78 is 7.84. The number of nitrogens with zero attached hydrogens (tertiary/aromatic N) is 8. The highest BCUT2D eigenvalue weighted by molar-refractivity contribution is 6.07. The molecule has 5 aliphatic rings. The van der Waals surface area contributed by atoms with E-state index in [0.29, 0.717) is 90.9 Å². The Bertz CT molecular complexity index is 2640. The fourth-order valence-electron chi connectivity index (χ4n) is 10.8. The molecule has 19 nitrogen and oxygen atoms in total. The summed E-state index contributed by atoms with van der Waals surface area (Å²) in [6.07, 6.45) is 14.3. The molecule has 2 atom stereocenters. The molecular formula is C51H64N12O7. The van der Waals surface area contributed by atoms with Gasteiger partial charge in [-0.05, 0) is 94.5 Å². The van der Waals surface area contributed by atoms with Gasteiger partial charge in [0.1, 0.15) is 23.3 Å². The van der Waals surface area contributed by atoms with Gasteiger partial charge in [0, 0.05) is 73.9 Å². The number of likely N-dealkylation sites (tertiary alicyclic amines) is 1. The number of fused-ring (bicyclic) bond motifs is 4. The number of benzene rings is 2. The van der Waals surface area contributed by atoms with Gasteiger partial charge in [-0.3, -0.25) is 38.7 Å². The summed E-state index contributed by atoms with van der Waals surface area (Å²) in [6, 6.07) is 9.68. The van der Waals surface area contributed by atoms with E-state index in [4.69, 9.17) is 14.7 Å². The van der Waals surface area contributed by atoms with Gasteiger partial charge in [-0.15, -0.1) is 10.2 Å². The smallest absolute Gasteiger partial charge is 0.255 e. The van der Waals surface area contributed by atoms with E-state index in [9.17, 15) is 28.8 Å². The molecule has 6 amide bonds. The SMILES string of the molecule is CCC1c2nnc(C)n2-c2cnc(Nc3ccc(C(=O)NC4CCN(C(=O)CCCCCCC(=O)Nc5cccc6c5CN(C5CCC(=O)NC5=O)C6=O)CC4)cc3OC)nc2N1CC1CCCCC1. The molecule has 1 aliphatic carbocycles. The third-order valence-corrected chi connectivity index (χ3v) is 14.6. The van der Waals surface area contributed by atoms with E-state index in [2.05, 4.69) is 47.9 Å². The minimum absolute atomic E-state index is 0.0430. The number of hydrogen-bond acceptors (Lipinski definition) is 13. The molecule has 3 fully saturated rings. The van der Waals surface area contributed by atoms with Gasteiger partial charge < -0.3 is 35.4 Å². The number of carbonyl (C=O) groups excluding carboxylic acids is 6. The zero-order chi connectivity index (χ0) is 48.9. The molecule has 4 aromatic rings. The predicted molar refractivity (Wildman–Crippen MR) is 261 cm³/mol. The van der Waals surface area contributed by atoms with E-state index >= 15 is 0 Å². The maximum Gasteiger partial charge on any atom is 0.255 e. The number of aryl methyl sites for hydroxylation is 1. The van der Waals surface area contributed by atoms with E-state index in [-0.39, 0.29) is 61.0 Å². The van der Waals surface area contributed by atoms with Gasteiger partial charge in [0.25, 0.3) is 11.8 Å². The largest absolute Gasteiger partial charge is 0.495 e. The first-order chi connectivity index (χ1) is 34.0. The third-order valence-electron chi connectivity index (χ3n) is 14.6. The first kappa shape index (κ1) is 48.1. The molecule has 2 aromatic heterocycles. The molecule has 2 saturated heterocycles. The van der Waals surface area contributed by atoms with Crippen LogP contribution in [-0.4, -0.2) is 109 Å². The molecule has 4 aliphatic heterocycles. The van der Waals surface area contributed by atoms with Crippen molar-refractivity contribution in [2.45, 2.75) is 141 Å². The van der Waals surface area contributed by atoms with Gasteiger partial charge in [0.2, 0.25) is 29.6 Å². The molecule has 70 heavy (non-hydrogen) atoms. The van der Waals surface area contributed by atoms with Crippen LogP contribution in [0.4, 0.5) is 23.1 Å². The minimum atomic E-state index is -0.726. The lowest BCUT2D eigenvalue weighted by molar-refractivity contribution is -0.137. The maximum absolute atomic E-state index is 13.5. The lowest BCUT2D eigenvalue weighted by atomic mass is 9.88. The Morgan fingerprint density at radius 1 is 0.900 bits per heavy atom. The van der Waals surface area contributed by atoms with Crippen molar-refractivity contribution < 1.29 is 33.5 Å². The fourth-order valence-corrected chi connectivity index (χ4v) is 10.8. The van der Waals surface area contributed by atoms with E-state index < -0.39 is 11.9 Å². The lowest BCUT2D eigenvalue weighted by Crippen LogP contribution is -2.52. The zero-order valence-corrected chi connectivity index (χ0v) is 40.4. The Balaban J connectivity index is 0.706. The number of aromatic nitrogens is 5. The van der Waals surface area contributed by atoms with Crippen LogP contribution >= 0.6 is 0 Å². The summed E-state index contributed by atoms with van der Waals surface area (Å²) in [6.45, 7) is 6.34. The first-order valence-corrected chi connectivity index (χ1v) is 25.2. The quantitative estimate of drug-likeness (QED) is 0.0662. The monoisotopic (exact) mass is 957 g/mol. The number of anilines is 4. The number of hydrogen-bond donors (Lipinski definition) is 4. The van der Waals surface area contributed by atoms with Crippen molar-refractivity contribution in [1.29, 1.82) is 0 Å².